The summed E-state index contributed by atoms with van der Waals surface area (Å²) in [4.78, 5) is 15.6. The van der Waals surface area contributed by atoms with Crippen molar-refractivity contribution in [1.29, 1.82) is 0 Å². The van der Waals surface area contributed by atoms with E-state index in [9.17, 15) is 44.3 Å². The summed E-state index contributed by atoms with van der Waals surface area (Å²) >= 11 is 0. The third-order valence-electron chi connectivity index (χ3n) is 7.40. The zero-order valence-corrected chi connectivity index (χ0v) is 20.4. The second kappa shape index (κ2) is 10.3. The fourth-order valence-corrected chi connectivity index (χ4v) is 5.12. The fourth-order valence-electron chi connectivity index (χ4n) is 5.12. The number of aryl methyl sites for hydroxylation is 1. The quantitative estimate of drug-likeness (QED) is 0.345. The van der Waals surface area contributed by atoms with E-state index in [1.54, 1.807) is 36.4 Å². The second-order valence-electron chi connectivity index (χ2n) is 10.1. The summed E-state index contributed by atoms with van der Waals surface area (Å²) < 4.78 is 117. The first kappa shape index (κ1) is 29.2. The van der Waals surface area contributed by atoms with Gasteiger partial charge in [0.15, 0.2) is 0 Å². The number of halogens is 9. The van der Waals surface area contributed by atoms with Gasteiger partial charge in [-0.25, -0.2) is 4.79 Å². The minimum absolute atomic E-state index is 0.104. The minimum Gasteiger partial charge on any atom is -0.478 e. The number of likely N-dealkylation sites (tertiary alicyclic amines) is 2. The molecule has 1 N–H and O–H groups in total. The first-order chi connectivity index (χ1) is 18.0. The van der Waals surface area contributed by atoms with Crippen LogP contribution < -0.4 is 0 Å². The summed E-state index contributed by atoms with van der Waals surface area (Å²) in [6, 6.07) is 13.2. The van der Waals surface area contributed by atoms with E-state index in [1.807, 2.05) is 0 Å². The average molecular weight is 568 g/mol. The van der Waals surface area contributed by atoms with Crippen molar-refractivity contribution in [2.75, 3.05) is 13.1 Å². The average Bonchev–Trinajstić information content (AvgIpc) is 3.43. The zero-order valence-electron chi connectivity index (χ0n) is 20.4. The summed E-state index contributed by atoms with van der Waals surface area (Å²) in [7, 11) is 0. The van der Waals surface area contributed by atoms with Crippen LogP contribution in [0.2, 0.25) is 0 Å². The van der Waals surface area contributed by atoms with Gasteiger partial charge in [0.05, 0.1) is 5.56 Å². The Hall–Kier alpha value is -2.80. The highest BCUT2D eigenvalue weighted by atomic mass is 19.4. The van der Waals surface area contributed by atoms with Crippen LogP contribution in [0.25, 0.3) is 0 Å². The van der Waals surface area contributed by atoms with Gasteiger partial charge in [0.2, 0.25) is 0 Å². The number of alkyl halides is 9. The molecule has 2 aliphatic rings. The Morgan fingerprint density at radius 2 is 1.15 bits per heavy atom. The fraction of sp³-hybridized carbons (Fsp3) is 0.500. The molecule has 2 fully saturated rings. The number of nitrogens with zero attached hydrogens (tertiary/aromatic N) is 2. The Kier molecular flexibility index (Phi) is 7.71. The number of rotatable bonds is 10. The van der Waals surface area contributed by atoms with E-state index in [0.29, 0.717) is 19.1 Å². The van der Waals surface area contributed by atoms with Crippen LogP contribution in [0.5, 0.6) is 0 Å². The van der Waals surface area contributed by atoms with Gasteiger partial charge in [0, 0.05) is 44.7 Å². The van der Waals surface area contributed by atoms with Crippen LogP contribution in [0.3, 0.4) is 0 Å². The van der Waals surface area contributed by atoms with Crippen LogP contribution in [0.1, 0.15) is 39.9 Å². The molecule has 2 aromatic rings. The lowest BCUT2D eigenvalue weighted by atomic mass is 9.97. The third-order valence-corrected chi connectivity index (χ3v) is 7.40. The van der Waals surface area contributed by atoms with Crippen molar-refractivity contribution >= 4 is 5.97 Å². The number of carboxylic acid groups (broad SMARTS) is 1. The Labute approximate surface area is 218 Å². The van der Waals surface area contributed by atoms with Crippen molar-refractivity contribution in [3.8, 4) is 0 Å². The van der Waals surface area contributed by atoms with Crippen molar-refractivity contribution in [2.24, 2.45) is 0 Å². The zero-order chi connectivity index (χ0) is 28.8. The van der Waals surface area contributed by atoms with Gasteiger partial charge in [-0.15, -0.1) is 0 Å². The van der Waals surface area contributed by atoms with Crippen LogP contribution in [0, 0.1) is 0 Å². The normalized spacial score (nSPS) is 21.1. The van der Waals surface area contributed by atoms with Crippen LogP contribution in [-0.2, 0) is 19.5 Å². The summed E-state index contributed by atoms with van der Waals surface area (Å²) in [5.41, 5.74) is 2.13. The van der Waals surface area contributed by atoms with Crippen LogP contribution in [-0.4, -0.2) is 70.0 Å². The molecule has 0 radical (unpaired) electrons. The van der Waals surface area contributed by atoms with E-state index >= 15 is 0 Å². The first-order valence-electron chi connectivity index (χ1n) is 12.1. The number of benzene rings is 2. The Bertz CT molecular complexity index is 1170. The summed E-state index contributed by atoms with van der Waals surface area (Å²) in [6.07, 6.45) is -8.57. The third kappa shape index (κ3) is 5.74. The number of hydrogen-bond donors (Lipinski definition) is 1. The predicted molar refractivity (Wildman–Crippen MR) is 122 cm³/mol. The molecule has 0 unspecified atom stereocenters. The predicted octanol–water partition coefficient (Wildman–Crippen LogP) is 6.24. The van der Waals surface area contributed by atoms with E-state index in [0.717, 1.165) is 30.6 Å². The van der Waals surface area contributed by atoms with Crippen molar-refractivity contribution in [2.45, 2.75) is 68.4 Å². The van der Waals surface area contributed by atoms with E-state index < -0.39 is 42.8 Å². The summed E-state index contributed by atoms with van der Waals surface area (Å²) in [5, 5.41) is 9.02. The number of piperazine rings is 1. The molecule has 2 aromatic carbocycles. The number of carbonyl (C=O) groups is 1. The van der Waals surface area contributed by atoms with Gasteiger partial charge in [-0.2, -0.15) is 39.5 Å². The van der Waals surface area contributed by atoms with Crippen LogP contribution in [0.4, 0.5) is 39.5 Å². The summed E-state index contributed by atoms with van der Waals surface area (Å²) in [6.45, 7) is 2.79. The van der Waals surface area contributed by atoms with Gasteiger partial charge < -0.3 is 5.11 Å². The highest BCUT2D eigenvalue weighted by Gasteiger charge is 2.81. The molecule has 2 bridgehead atoms. The van der Waals surface area contributed by atoms with Crippen molar-refractivity contribution in [1.82, 2.24) is 9.80 Å². The molecule has 13 heteroatoms. The molecule has 214 valence electrons. The lowest BCUT2D eigenvalue weighted by molar-refractivity contribution is -0.396. The van der Waals surface area contributed by atoms with E-state index in [-0.39, 0.29) is 17.2 Å². The SMILES string of the molecule is O=C(O)c1ccc(CN2C[C@@H]3C[C@H]2CN3Cc2ccc(CCC(F)(F)C(F)(F)C(F)(F)C(F)(F)F)cc2)cc1. The Balaban J connectivity index is 1.28. The molecule has 2 atom stereocenters. The topological polar surface area (TPSA) is 43.8 Å². The standard InChI is InChI=1S/C26H25F9N2O2/c27-23(28,24(29,30)25(31,32)26(33,34)35)10-9-16-1-3-17(4-2-16)12-36-14-21-11-20(36)15-37(21)13-18-5-7-19(8-6-18)22(38)39/h1-8,20-21H,9-15H2,(H,38,39)/t20-,21-/m0/s1. The highest BCUT2D eigenvalue weighted by Crippen LogP contribution is 2.54. The first-order valence-corrected chi connectivity index (χ1v) is 12.1. The molecule has 39 heavy (non-hydrogen) atoms. The van der Waals surface area contributed by atoms with Gasteiger partial charge in [0.1, 0.15) is 0 Å². The van der Waals surface area contributed by atoms with E-state index in [4.69, 9.17) is 5.11 Å². The van der Waals surface area contributed by atoms with Gasteiger partial charge in [0.25, 0.3) is 0 Å². The lowest BCUT2D eigenvalue weighted by Crippen LogP contribution is -2.60. The van der Waals surface area contributed by atoms with E-state index in [1.165, 1.54) is 12.1 Å². The maximum absolute atomic E-state index is 13.8. The molecule has 4 rings (SSSR count). The van der Waals surface area contributed by atoms with Gasteiger partial charge >= 0.3 is 29.9 Å². The Morgan fingerprint density at radius 3 is 1.56 bits per heavy atom. The number of fused-ring (bicyclic) bond motifs is 2. The molecule has 0 amide bonds. The second-order valence-corrected chi connectivity index (χ2v) is 10.1. The summed E-state index contributed by atoms with van der Waals surface area (Å²) in [5.74, 6) is -20.0. The van der Waals surface area contributed by atoms with Crippen LogP contribution >= 0.6 is 0 Å². The molecule has 4 nitrogen and oxygen atoms in total. The van der Waals surface area contributed by atoms with Crippen molar-refractivity contribution in [3.63, 3.8) is 0 Å². The number of aromatic carboxylic acids is 1. The molecular weight excluding hydrogens is 543 g/mol. The molecular formula is C26H25F9N2O2. The number of carboxylic acids is 1. The van der Waals surface area contributed by atoms with Crippen LogP contribution in [0.15, 0.2) is 48.5 Å². The molecule has 0 spiro atoms. The maximum Gasteiger partial charge on any atom is 0.460 e. The monoisotopic (exact) mass is 568 g/mol. The lowest BCUT2D eigenvalue weighted by Gasteiger charge is -2.34. The minimum atomic E-state index is -6.87. The molecule has 2 saturated heterocycles. The Morgan fingerprint density at radius 1 is 0.718 bits per heavy atom. The maximum atomic E-state index is 13.8. The molecule has 2 aliphatic heterocycles. The van der Waals surface area contributed by atoms with Crippen molar-refractivity contribution in [3.05, 3.63) is 70.8 Å². The largest absolute Gasteiger partial charge is 0.478 e. The molecule has 0 aliphatic carbocycles. The molecule has 0 aromatic heterocycles. The smallest absolute Gasteiger partial charge is 0.460 e. The molecule has 2 heterocycles. The van der Waals surface area contributed by atoms with Crippen molar-refractivity contribution < 1.29 is 49.4 Å². The van der Waals surface area contributed by atoms with E-state index in [2.05, 4.69) is 9.80 Å². The number of hydrogen-bond acceptors (Lipinski definition) is 3. The molecule has 0 saturated carbocycles. The van der Waals surface area contributed by atoms with Gasteiger partial charge in [-0.3, -0.25) is 9.80 Å². The van der Waals surface area contributed by atoms with Gasteiger partial charge in [-0.05, 0) is 41.7 Å². The van der Waals surface area contributed by atoms with Gasteiger partial charge in [-0.1, -0.05) is 36.4 Å². The highest BCUT2D eigenvalue weighted by molar-refractivity contribution is 5.87.